The molecule has 0 saturated heterocycles. The summed E-state index contributed by atoms with van der Waals surface area (Å²) >= 11 is 1.75. The van der Waals surface area contributed by atoms with E-state index in [1.807, 2.05) is 12.1 Å². The fourth-order valence-corrected chi connectivity index (χ4v) is 3.52. The predicted octanol–water partition coefficient (Wildman–Crippen LogP) is 5.02. The third-order valence-corrected chi connectivity index (χ3v) is 4.81. The summed E-state index contributed by atoms with van der Waals surface area (Å²) in [5.74, 6) is 0. The van der Waals surface area contributed by atoms with Crippen molar-refractivity contribution in [2.75, 3.05) is 17.2 Å². The second-order valence-corrected chi connectivity index (χ2v) is 6.51. The number of aromatic nitrogens is 2. The Morgan fingerprint density at radius 3 is 2.50 bits per heavy atom. The number of aromatic amines is 1. The smallest absolute Gasteiger partial charge is 0.0999 e. The van der Waals surface area contributed by atoms with Crippen molar-refractivity contribution in [1.82, 2.24) is 9.97 Å². The second kappa shape index (κ2) is 6.76. The van der Waals surface area contributed by atoms with E-state index in [0.29, 0.717) is 0 Å². The van der Waals surface area contributed by atoms with E-state index in [2.05, 4.69) is 62.5 Å². The zero-order chi connectivity index (χ0) is 16.2. The number of nitrogens with one attached hydrogen (secondary N) is 3. The van der Waals surface area contributed by atoms with Crippen LogP contribution in [-0.4, -0.2) is 16.5 Å². The third-order valence-electron chi connectivity index (χ3n) is 3.97. The molecule has 4 nitrogen and oxygen atoms in total. The molecule has 0 aliphatic carbocycles. The molecule has 0 unspecified atom stereocenters. The third kappa shape index (κ3) is 3.26. The molecule has 0 amide bonds. The largest absolute Gasteiger partial charge is 0.385 e. The van der Waals surface area contributed by atoms with Gasteiger partial charge in [0, 0.05) is 47.6 Å². The number of anilines is 3. The molecule has 0 radical (unpaired) electrons. The topological polar surface area (TPSA) is 52.7 Å². The molecule has 0 aliphatic rings. The average molecular weight is 334 g/mol. The molecule has 0 spiro atoms. The van der Waals surface area contributed by atoms with E-state index in [4.69, 9.17) is 0 Å². The van der Waals surface area contributed by atoms with Gasteiger partial charge in [0.05, 0.1) is 4.83 Å². The van der Waals surface area contributed by atoms with E-state index in [1.165, 1.54) is 15.8 Å². The highest BCUT2D eigenvalue weighted by Crippen LogP contribution is 2.24. The van der Waals surface area contributed by atoms with Gasteiger partial charge in [0.1, 0.15) is 0 Å². The number of thiophene rings is 1. The molecule has 3 heterocycles. The molecule has 4 rings (SSSR count). The Kier molecular flexibility index (Phi) is 4.16. The Labute approximate surface area is 144 Å². The normalized spacial score (nSPS) is 10.8. The van der Waals surface area contributed by atoms with Crippen LogP contribution in [0.5, 0.6) is 0 Å². The van der Waals surface area contributed by atoms with Gasteiger partial charge in [-0.2, -0.15) is 0 Å². The van der Waals surface area contributed by atoms with Crippen molar-refractivity contribution in [3.05, 3.63) is 72.0 Å². The van der Waals surface area contributed by atoms with E-state index < -0.39 is 0 Å². The highest BCUT2D eigenvalue weighted by atomic mass is 32.1. The number of hydrogen-bond acceptors (Lipinski definition) is 4. The summed E-state index contributed by atoms with van der Waals surface area (Å²) in [6.07, 6.45) is 6.69. The van der Waals surface area contributed by atoms with Gasteiger partial charge in [-0.3, -0.25) is 4.98 Å². The number of hydrogen-bond donors (Lipinski definition) is 3. The fraction of sp³-hybridized carbons (Fsp3) is 0.105. The first-order chi connectivity index (χ1) is 11.9. The molecular formula is C19H18N4S. The van der Waals surface area contributed by atoms with Crippen molar-refractivity contribution in [3.8, 4) is 0 Å². The summed E-state index contributed by atoms with van der Waals surface area (Å²) < 4.78 is 0. The van der Waals surface area contributed by atoms with Crippen molar-refractivity contribution < 1.29 is 0 Å². The minimum absolute atomic E-state index is 0.917. The summed E-state index contributed by atoms with van der Waals surface area (Å²) in [4.78, 5) is 8.61. The van der Waals surface area contributed by atoms with E-state index in [1.54, 1.807) is 23.7 Å². The Morgan fingerprint density at radius 2 is 1.67 bits per heavy atom. The summed E-state index contributed by atoms with van der Waals surface area (Å²) in [7, 11) is 0. The Bertz CT molecular complexity index is 909. The number of fused-ring (bicyclic) bond motifs is 1. The molecule has 3 aromatic heterocycles. The van der Waals surface area contributed by atoms with Crippen molar-refractivity contribution in [2.24, 2.45) is 0 Å². The van der Waals surface area contributed by atoms with Crippen LogP contribution >= 0.6 is 11.3 Å². The van der Waals surface area contributed by atoms with Crippen LogP contribution in [0.3, 0.4) is 0 Å². The van der Waals surface area contributed by atoms with Crippen LogP contribution < -0.4 is 10.6 Å². The maximum absolute atomic E-state index is 4.02. The van der Waals surface area contributed by atoms with Gasteiger partial charge in [-0.1, -0.05) is 0 Å². The SMILES string of the molecule is c1cc(Nc2ccc(NCCc3c[nH]c4sccc34)cc2)ccn1. The lowest BCUT2D eigenvalue weighted by molar-refractivity contribution is 1.03. The van der Waals surface area contributed by atoms with Crippen molar-refractivity contribution in [1.29, 1.82) is 0 Å². The quantitative estimate of drug-likeness (QED) is 0.464. The van der Waals surface area contributed by atoms with Crippen LogP contribution in [0.15, 0.2) is 66.4 Å². The predicted molar refractivity (Wildman–Crippen MR) is 102 cm³/mol. The van der Waals surface area contributed by atoms with Gasteiger partial charge in [0.25, 0.3) is 0 Å². The first-order valence-electron chi connectivity index (χ1n) is 7.93. The van der Waals surface area contributed by atoms with Crippen LogP contribution in [0.2, 0.25) is 0 Å². The molecule has 24 heavy (non-hydrogen) atoms. The molecule has 5 heteroatoms. The van der Waals surface area contributed by atoms with Crippen LogP contribution in [-0.2, 0) is 6.42 Å². The van der Waals surface area contributed by atoms with Crippen molar-refractivity contribution in [2.45, 2.75) is 6.42 Å². The minimum atomic E-state index is 0.917. The lowest BCUT2D eigenvalue weighted by Crippen LogP contribution is -2.04. The van der Waals surface area contributed by atoms with Gasteiger partial charge in [0.2, 0.25) is 0 Å². The summed E-state index contributed by atoms with van der Waals surface area (Å²) in [5, 5.41) is 10.3. The van der Waals surface area contributed by atoms with Crippen LogP contribution in [0, 0.1) is 0 Å². The summed E-state index contributed by atoms with van der Waals surface area (Å²) in [6.45, 7) is 0.917. The van der Waals surface area contributed by atoms with E-state index in [-0.39, 0.29) is 0 Å². The lowest BCUT2D eigenvalue weighted by Gasteiger charge is -2.09. The molecule has 0 aliphatic heterocycles. The van der Waals surface area contributed by atoms with E-state index in [0.717, 1.165) is 30.0 Å². The van der Waals surface area contributed by atoms with E-state index >= 15 is 0 Å². The van der Waals surface area contributed by atoms with Crippen LogP contribution in [0.4, 0.5) is 17.1 Å². The molecule has 0 atom stereocenters. The number of benzene rings is 1. The Morgan fingerprint density at radius 1 is 0.917 bits per heavy atom. The second-order valence-electron chi connectivity index (χ2n) is 5.59. The molecule has 0 fully saturated rings. The first kappa shape index (κ1) is 14.8. The number of nitrogens with zero attached hydrogens (tertiary/aromatic N) is 1. The average Bonchev–Trinajstić information content (AvgIpc) is 3.22. The van der Waals surface area contributed by atoms with Gasteiger partial charge < -0.3 is 15.6 Å². The minimum Gasteiger partial charge on any atom is -0.385 e. The molecule has 3 N–H and O–H groups in total. The summed E-state index contributed by atoms with van der Waals surface area (Å²) in [5.41, 5.74) is 4.61. The first-order valence-corrected chi connectivity index (χ1v) is 8.81. The molecule has 1 aromatic carbocycles. The fourth-order valence-electron chi connectivity index (χ4n) is 2.73. The number of pyridine rings is 1. The van der Waals surface area contributed by atoms with E-state index in [9.17, 15) is 0 Å². The van der Waals surface area contributed by atoms with Gasteiger partial charge in [-0.05, 0) is 59.8 Å². The maximum atomic E-state index is 4.02. The van der Waals surface area contributed by atoms with Crippen LogP contribution in [0.1, 0.15) is 5.56 Å². The van der Waals surface area contributed by atoms with Gasteiger partial charge in [-0.25, -0.2) is 0 Å². The molecule has 120 valence electrons. The monoisotopic (exact) mass is 334 g/mol. The molecule has 4 aromatic rings. The standard InChI is InChI=1S/C19H18N4S/c1-3-16(23-17-6-9-20-10-7-17)4-2-15(1)21-11-5-14-13-22-19-18(14)8-12-24-19/h1-4,6-10,12-13,21-22H,5,11H2,(H,20,23). The summed E-state index contributed by atoms with van der Waals surface area (Å²) in [6, 6.07) is 14.4. The van der Waals surface area contributed by atoms with Gasteiger partial charge in [-0.15, -0.1) is 11.3 Å². The highest BCUT2D eigenvalue weighted by Gasteiger charge is 2.04. The van der Waals surface area contributed by atoms with Gasteiger partial charge >= 0.3 is 0 Å². The van der Waals surface area contributed by atoms with Crippen LogP contribution in [0.25, 0.3) is 10.2 Å². The zero-order valence-corrected chi connectivity index (χ0v) is 13.9. The number of rotatable bonds is 6. The maximum Gasteiger partial charge on any atom is 0.0999 e. The van der Waals surface area contributed by atoms with Crippen molar-refractivity contribution in [3.63, 3.8) is 0 Å². The highest BCUT2D eigenvalue weighted by molar-refractivity contribution is 7.16. The van der Waals surface area contributed by atoms with Gasteiger partial charge in [0.15, 0.2) is 0 Å². The van der Waals surface area contributed by atoms with Crippen molar-refractivity contribution >= 4 is 38.6 Å². The molecule has 0 bridgehead atoms. The lowest BCUT2D eigenvalue weighted by atomic mass is 10.2. The molecule has 0 saturated carbocycles. The molecular weight excluding hydrogens is 316 g/mol. The Balaban J connectivity index is 1.33. The number of H-pyrrole nitrogens is 1. The zero-order valence-electron chi connectivity index (χ0n) is 13.1. The Hall–Kier alpha value is -2.79.